The highest BCUT2D eigenvalue weighted by Gasteiger charge is 2.44. The highest BCUT2D eigenvalue weighted by molar-refractivity contribution is 5.96. The van der Waals surface area contributed by atoms with Crippen LogP contribution in [0.1, 0.15) is 60.5 Å². The van der Waals surface area contributed by atoms with E-state index in [-0.39, 0.29) is 29.9 Å². The average molecular weight is 761 g/mol. The highest BCUT2D eigenvalue weighted by Crippen LogP contribution is 2.45. The number of carbonyl (C=O) groups is 2. The number of piperidine rings is 1. The molecule has 1 saturated heterocycles. The van der Waals surface area contributed by atoms with E-state index in [0.717, 1.165) is 68.5 Å². The Kier molecular flexibility index (Phi) is 14.6. The number of aromatic nitrogens is 1. The molecule has 6 rings (SSSR count). The molecular formula is C43H55F3N6O3. The topological polar surface area (TPSA) is 92.9 Å². The summed E-state index contributed by atoms with van der Waals surface area (Å²) < 4.78 is 43.6. The Morgan fingerprint density at radius 2 is 1.80 bits per heavy atom. The number of aromatic amines is 1. The molecule has 4 aromatic rings. The van der Waals surface area contributed by atoms with Crippen LogP contribution in [0.5, 0.6) is 5.75 Å². The van der Waals surface area contributed by atoms with Gasteiger partial charge in [0, 0.05) is 61.7 Å². The van der Waals surface area contributed by atoms with E-state index in [4.69, 9.17) is 4.74 Å². The third-order valence-corrected chi connectivity index (χ3v) is 10.4. The first-order valence-corrected chi connectivity index (χ1v) is 19.2. The lowest BCUT2D eigenvalue weighted by Gasteiger charge is -2.47. The molecule has 0 bridgehead atoms. The minimum Gasteiger partial charge on any atom is -0.486 e. The maximum Gasteiger partial charge on any atom is 0.416 e. The van der Waals surface area contributed by atoms with Gasteiger partial charge in [0.1, 0.15) is 11.9 Å². The Hall–Kier alpha value is -4.65. The molecule has 1 aromatic heterocycles. The van der Waals surface area contributed by atoms with Crippen molar-refractivity contribution in [1.29, 1.82) is 0 Å². The molecular weight excluding hydrogens is 706 g/mol. The number of rotatable bonds is 14. The maximum absolute atomic E-state index is 13.7. The van der Waals surface area contributed by atoms with Gasteiger partial charge in [-0.2, -0.15) is 13.2 Å². The second-order valence-electron chi connectivity index (χ2n) is 14.6. The molecule has 9 nitrogen and oxygen atoms in total. The molecule has 296 valence electrons. The lowest BCUT2D eigenvalue weighted by atomic mass is 9.72. The van der Waals surface area contributed by atoms with E-state index in [1.807, 2.05) is 64.5 Å². The van der Waals surface area contributed by atoms with E-state index in [2.05, 4.69) is 56.4 Å². The van der Waals surface area contributed by atoms with Crippen molar-refractivity contribution in [2.75, 3.05) is 60.4 Å². The zero-order valence-corrected chi connectivity index (χ0v) is 32.4. The Balaban J connectivity index is 0.000000229. The molecule has 2 heterocycles. The van der Waals surface area contributed by atoms with Gasteiger partial charge in [0.25, 0.3) is 0 Å². The minimum atomic E-state index is -4.33. The van der Waals surface area contributed by atoms with Crippen LogP contribution in [-0.2, 0) is 17.4 Å². The van der Waals surface area contributed by atoms with Gasteiger partial charge in [-0.05, 0) is 107 Å². The molecule has 1 aliphatic carbocycles. The van der Waals surface area contributed by atoms with Crippen LogP contribution in [0, 0.1) is 5.92 Å². The highest BCUT2D eigenvalue weighted by atomic mass is 19.4. The van der Waals surface area contributed by atoms with Crippen LogP contribution in [0.4, 0.5) is 18.0 Å². The van der Waals surface area contributed by atoms with E-state index in [0.29, 0.717) is 31.4 Å². The van der Waals surface area contributed by atoms with Crippen molar-refractivity contribution in [3.8, 4) is 5.75 Å². The zero-order chi connectivity index (χ0) is 39.5. The lowest BCUT2D eigenvalue weighted by Crippen LogP contribution is -2.55. The number of imide groups is 1. The predicted molar refractivity (Wildman–Crippen MR) is 212 cm³/mol. The molecule has 1 fully saturated rings. The number of halogens is 3. The number of nitrogens with one attached hydrogen (secondary N) is 3. The summed E-state index contributed by atoms with van der Waals surface area (Å²) in [6.07, 6.45) is 2.75. The quantitative estimate of drug-likeness (QED) is 0.115. The second kappa shape index (κ2) is 19.3. The van der Waals surface area contributed by atoms with E-state index < -0.39 is 11.7 Å². The Morgan fingerprint density at radius 3 is 2.45 bits per heavy atom. The van der Waals surface area contributed by atoms with Crippen molar-refractivity contribution in [2.45, 2.75) is 56.8 Å². The molecule has 0 radical (unpaired) electrons. The lowest BCUT2D eigenvalue weighted by molar-refractivity contribution is -0.137. The largest absolute Gasteiger partial charge is 0.486 e. The molecule has 3 aromatic carbocycles. The van der Waals surface area contributed by atoms with Crippen LogP contribution >= 0.6 is 0 Å². The fraction of sp³-hybridized carbons (Fsp3) is 0.442. The van der Waals surface area contributed by atoms with Gasteiger partial charge in [-0.25, -0.2) is 4.79 Å². The molecule has 4 atom stereocenters. The number of fused-ring (bicyclic) bond motifs is 2. The van der Waals surface area contributed by atoms with Crippen LogP contribution in [0.15, 0.2) is 91.6 Å². The minimum absolute atomic E-state index is 0.0562. The van der Waals surface area contributed by atoms with Crippen LogP contribution in [0.3, 0.4) is 0 Å². The van der Waals surface area contributed by atoms with Crippen LogP contribution in [-0.4, -0.2) is 98.1 Å². The smallest absolute Gasteiger partial charge is 0.416 e. The SMILES string of the molecule is C=CCN1C[C@H](C(=O)N(CCCN(C)C)C(=O)NCC)C[C@@H]2c3cccc4[nH]cc(c34)C[C@H]21.CNCCC(Oc1ccc(C(F)(F)F)cc1)c1ccccc1. The van der Waals surface area contributed by atoms with Crippen molar-refractivity contribution in [3.63, 3.8) is 0 Å². The van der Waals surface area contributed by atoms with Crippen molar-refractivity contribution in [1.82, 2.24) is 30.3 Å². The summed E-state index contributed by atoms with van der Waals surface area (Å²) in [6.45, 7) is 9.77. The fourth-order valence-corrected chi connectivity index (χ4v) is 7.80. The molecule has 2 aliphatic rings. The van der Waals surface area contributed by atoms with Gasteiger partial charge in [-0.3, -0.25) is 14.6 Å². The van der Waals surface area contributed by atoms with Crippen molar-refractivity contribution in [2.24, 2.45) is 5.92 Å². The maximum atomic E-state index is 13.7. The van der Waals surface area contributed by atoms with Crippen molar-refractivity contribution >= 4 is 22.8 Å². The Bertz CT molecular complexity index is 1850. The number of ether oxygens (including phenoxy) is 1. The molecule has 0 saturated carbocycles. The summed E-state index contributed by atoms with van der Waals surface area (Å²) in [5.41, 5.74) is 4.17. The Labute approximate surface area is 322 Å². The first-order chi connectivity index (χ1) is 26.4. The Morgan fingerprint density at radius 1 is 1.05 bits per heavy atom. The third kappa shape index (κ3) is 10.6. The average Bonchev–Trinajstić information content (AvgIpc) is 3.59. The van der Waals surface area contributed by atoms with Gasteiger partial charge in [0.2, 0.25) is 5.91 Å². The number of hydrogen-bond acceptors (Lipinski definition) is 6. The van der Waals surface area contributed by atoms with Crippen LogP contribution < -0.4 is 15.4 Å². The molecule has 1 unspecified atom stereocenters. The van der Waals surface area contributed by atoms with E-state index in [1.165, 1.54) is 33.5 Å². The number of nitrogens with zero attached hydrogens (tertiary/aromatic N) is 3. The number of benzene rings is 3. The third-order valence-electron chi connectivity index (χ3n) is 10.4. The summed E-state index contributed by atoms with van der Waals surface area (Å²) in [4.78, 5) is 35.9. The van der Waals surface area contributed by atoms with E-state index >= 15 is 0 Å². The van der Waals surface area contributed by atoms with E-state index in [1.54, 1.807) is 0 Å². The van der Waals surface area contributed by atoms with Crippen LogP contribution in [0.25, 0.3) is 10.9 Å². The van der Waals surface area contributed by atoms with Gasteiger partial charge in [-0.1, -0.05) is 48.5 Å². The summed E-state index contributed by atoms with van der Waals surface area (Å²) in [5, 5.41) is 7.21. The van der Waals surface area contributed by atoms with Gasteiger partial charge in [-0.15, -0.1) is 6.58 Å². The number of amides is 3. The first-order valence-electron chi connectivity index (χ1n) is 19.2. The molecule has 3 N–H and O–H groups in total. The first kappa shape index (κ1) is 41.5. The molecule has 55 heavy (non-hydrogen) atoms. The summed E-state index contributed by atoms with van der Waals surface area (Å²) in [7, 11) is 5.86. The number of alkyl halides is 3. The van der Waals surface area contributed by atoms with E-state index in [9.17, 15) is 22.8 Å². The number of urea groups is 1. The second-order valence-corrected chi connectivity index (χ2v) is 14.6. The van der Waals surface area contributed by atoms with Crippen molar-refractivity contribution < 1.29 is 27.5 Å². The summed E-state index contributed by atoms with van der Waals surface area (Å²) in [5.74, 6) is 0.415. The van der Waals surface area contributed by atoms with Crippen molar-refractivity contribution in [3.05, 3.63) is 114 Å². The number of H-pyrrole nitrogens is 1. The molecule has 0 spiro atoms. The normalized spacial score (nSPS) is 18.5. The fourth-order valence-electron chi connectivity index (χ4n) is 7.80. The van der Waals surface area contributed by atoms with Gasteiger partial charge < -0.3 is 25.3 Å². The van der Waals surface area contributed by atoms with Gasteiger partial charge >= 0.3 is 12.2 Å². The standard InChI is InChI=1S/C26H37N5O2.C17H18F3NO/c1-5-11-30-17-19(25(32)31(26(33)27-6-2)13-8-12-29(3)4)14-21-20-9-7-10-22-24(20)18(16-28-22)15-23(21)30;1-21-12-11-16(13-5-3-2-4-6-13)22-15-9-7-14(8-10-15)17(18,19)20/h5,7,9-10,16,19,21,23,28H,1,6,8,11-15,17H2,2-4H3,(H,27,33);2-10,16,21H,11-12H2,1H3/t19-,21-,23-;/m1./s1. The molecule has 3 amide bonds. The summed E-state index contributed by atoms with van der Waals surface area (Å²) in [6, 6.07) is 20.9. The monoisotopic (exact) mass is 760 g/mol. The number of hydrogen-bond donors (Lipinski definition) is 3. The van der Waals surface area contributed by atoms with Gasteiger partial charge in [0.15, 0.2) is 0 Å². The predicted octanol–water partition coefficient (Wildman–Crippen LogP) is 7.63. The summed E-state index contributed by atoms with van der Waals surface area (Å²) >= 11 is 0. The van der Waals surface area contributed by atoms with Gasteiger partial charge in [0.05, 0.1) is 11.5 Å². The number of carbonyl (C=O) groups excluding carboxylic acids is 2. The number of likely N-dealkylation sites (tertiary alicyclic amines) is 1. The molecule has 12 heteroatoms. The molecule has 1 aliphatic heterocycles. The zero-order valence-electron chi connectivity index (χ0n) is 32.4. The van der Waals surface area contributed by atoms with Crippen LogP contribution in [0.2, 0.25) is 0 Å².